The monoisotopic (exact) mass is 283 g/mol. The third-order valence-corrected chi connectivity index (χ3v) is 2.99. The Morgan fingerprint density at radius 2 is 1.95 bits per heavy atom. The minimum absolute atomic E-state index is 0.410. The van der Waals surface area contributed by atoms with E-state index in [9.17, 15) is 13.2 Å². The van der Waals surface area contributed by atoms with Crippen molar-refractivity contribution in [2.45, 2.75) is 11.3 Å². The van der Waals surface area contributed by atoms with Crippen LogP contribution < -0.4 is 0 Å². The van der Waals surface area contributed by atoms with Crippen LogP contribution in [-0.4, -0.2) is 20.9 Å². The third kappa shape index (κ3) is 3.29. The highest BCUT2D eigenvalue weighted by molar-refractivity contribution is 7.99. The molecular formula is C12H8F3N3S. The van der Waals surface area contributed by atoms with Crippen molar-refractivity contribution in [3.8, 4) is 23.7 Å². The highest BCUT2D eigenvalue weighted by Crippen LogP contribution is 2.30. The number of hydrogen-bond acceptors (Lipinski definition) is 3. The molecular weight excluding hydrogens is 275 g/mol. The molecule has 0 atom stereocenters. The Kier molecular flexibility index (Phi) is 3.81. The number of hydrogen-bond donors (Lipinski definition) is 1. The van der Waals surface area contributed by atoms with Gasteiger partial charge in [0.1, 0.15) is 0 Å². The van der Waals surface area contributed by atoms with E-state index in [2.05, 4.69) is 21.1 Å². The number of H-pyrrole nitrogens is 1. The van der Waals surface area contributed by atoms with Crippen LogP contribution >= 0.6 is 11.8 Å². The molecule has 1 heterocycles. The maximum absolute atomic E-state index is 12.4. The number of thioether (sulfide) groups is 1. The molecule has 0 saturated carbocycles. The minimum Gasteiger partial charge on any atom is -0.258 e. The third-order valence-electron chi connectivity index (χ3n) is 2.24. The predicted octanol–water partition coefficient (Wildman–Crippen LogP) is 3.22. The maximum Gasteiger partial charge on any atom is 0.416 e. The van der Waals surface area contributed by atoms with Gasteiger partial charge in [0.2, 0.25) is 5.16 Å². The predicted molar refractivity (Wildman–Crippen MR) is 66.4 cm³/mol. The van der Waals surface area contributed by atoms with Gasteiger partial charge in [-0.05, 0) is 12.1 Å². The molecule has 2 rings (SSSR count). The van der Waals surface area contributed by atoms with Gasteiger partial charge in [0, 0.05) is 5.56 Å². The number of alkyl halides is 3. The lowest BCUT2D eigenvalue weighted by Gasteiger charge is -2.06. The number of nitrogens with zero attached hydrogens (tertiary/aromatic N) is 2. The molecule has 1 aromatic heterocycles. The molecule has 0 aliphatic rings. The molecule has 19 heavy (non-hydrogen) atoms. The van der Waals surface area contributed by atoms with Crippen LogP contribution in [-0.2, 0) is 6.18 Å². The summed E-state index contributed by atoms with van der Waals surface area (Å²) in [5.74, 6) is 3.28. The van der Waals surface area contributed by atoms with E-state index in [1.165, 1.54) is 23.9 Å². The molecule has 0 radical (unpaired) electrons. The lowest BCUT2D eigenvalue weighted by Crippen LogP contribution is -2.04. The van der Waals surface area contributed by atoms with Gasteiger partial charge in [0.25, 0.3) is 0 Å². The van der Waals surface area contributed by atoms with Gasteiger partial charge in [-0.25, -0.2) is 4.98 Å². The van der Waals surface area contributed by atoms with Crippen LogP contribution in [0.4, 0.5) is 13.2 Å². The van der Waals surface area contributed by atoms with E-state index in [1.807, 2.05) is 0 Å². The molecule has 1 aromatic carbocycles. The lowest BCUT2D eigenvalue weighted by atomic mass is 10.1. The second-order valence-corrected chi connectivity index (χ2v) is 4.48. The van der Waals surface area contributed by atoms with Crippen molar-refractivity contribution in [3.63, 3.8) is 0 Å². The van der Waals surface area contributed by atoms with Crippen molar-refractivity contribution in [2.75, 3.05) is 5.75 Å². The van der Waals surface area contributed by atoms with Crippen LogP contribution in [0.5, 0.6) is 0 Å². The van der Waals surface area contributed by atoms with Crippen LogP contribution in [0.1, 0.15) is 5.56 Å². The molecule has 0 fully saturated rings. The maximum atomic E-state index is 12.4. The summed E-state index contributed by atoms with van der Waals surface area (Å²) >= 11 is 1.27. The quantitative estimate of drug-likeness (QED) is 0.694. The lowest BCUT2D eigenvalue weighted by molar-refractivity contribution is -0.137. The fourth-order valence-electron chi connectivity index (χ4n) is 1.36. The summed E-state index contributed by atoms with van der Waals surface area (Å²) in [6.07, 6.45) is 0.769. The standard InChI is InChI=1S/C12H8F3N3S/c1-2-7-19-11-16-10(17-18-11)8-3-5-9(6-4-8)12(13,14)15/h1,3-6H,7H2,(H,16,17,18). The summed E-state index contributed by atoms with van der Waals surface area (Å²) in [6, 6.07) is 4.70. The van der Waals surface area contributed by atoms with Gasteiger partial charge in [-0.3, -0.25) is 5.10 Å². The molecule has 0 bridgehead atoms. The fourth-order valence-corrected chi connectivity index (χ4v) is 1.84. The van der Waals surface area contributed by atoms with Crippen molar-refractivity contribution in [2.24, 2.45) is 0 Å². The highest BCUT2D eigenvalue weighted by Gasteiger charge is 2.30. The van der Waals surface area contributed by atoms with E-state index in [4.69, 9.17) is 6.42 Å². The number of nitrogens with one attached hydrogen (secondary N) is 1. The Morgan fingerprint density at radius 1 is 1.26 bits per heavy atom. The first kappa shape index (κ1) is 13.5. The summed E-state index contributed by atoms with van der Waals surface area (Å²) in [4.78, 5) is 4.13. The van der Waals surface area contributed by atoms with Gasteiger partial charge in [0.15, 0.2) is 5.82 Å². The van der Waals surface area contributed by atoms with Crippen LogP contribution in [0.25, 0.3) is 11.4 Å². The molecule has 0 unspecified atom stereocenters. The first-order valence-electron chi connectivity index (χ1n) is 5.17. The first-order valence-corrected chi connectivity index (χ1v) is 6.15. The second kappa shape index (κ2) is 5.36. The van der Waals surface area contributed by atoms with Crippen LogP contribution in [0.15, 0.2) is 29.4 Å². The van der Waals surface area contributed by atoms with Crippen molar-refractivity contribution in [3.05, 3.63) is 29.8 Å². The Hall–Kier alpha value is -1.94. The SMILES string of the molecule is C#CCSc1n[nH]c(-c2ccc(C(F)(F)F)cc2)n1. The van der Waals surface area contributed by atoms with E-state index in [1.54, 1.807) is 0 Å². The molecule has 0 aliphatic heterocycles. The van der Waals surface area contributed by atoms with Crippen molar-refractivity contribution in [1.29, 1.82) is 0 Å². The van der Waals surface area contributed by atoms with E-state index in [0.29, 0.717) is 22.3 Å². The van der Waals surface area contributed by atoms with Gasteiger partial charge in [-0.2, -0.15) is 13.2 Å². The van der Waals surface area contributed by atoms with Gasteiger partial charge in [-0.1, -0.05) is 29.8 Å². The number of halogens is 3. The van der Waals surface area contributed by atoms with Gasteiger partial charge >= 0.3 is 6.18 Å². The van der Waals surface area contributed by atoms with E-state index >= 15 is 0 Å². The number of terminal acetylenes is 1. The Balaban J connectivity index is 2.18. The molecule has 98 valence electrons. The zero-order chi connectivity index (χ0) is 13.9. The molecule has 0 saturated heterocycles. The van der Waals surface area contributed by atoms with Gasteiger partial charge < -0.3 is 0 Å². The highest BCUT2D eigenvalue weighted by atomic mass is 32.2. The summed E-state index contributed by atoms with van der Waals surface area (Å²) in [6.45, 7) is 0. The Bertz CT molecular complexity index is 596. The van der Waals surface area contributed by atoms with Crippen LogP contribution in [0.3, 0.4) is 0 Å². The summed E-state index contributed by atoms with van der Waals surface area (Å²) < 4.78 is 37.2. The summed E-state index contributed by atoms with van der Waals surface area (Å²) in [7, 11) is 0. The molecule has 3 nitrogen and oxygen atoms in total. The van der Waals surface area contributed by atoms with E-state index < -0.39 is 11.7 Å². The van der Waals surface area contributed by atoms with Crippen LogP contribution in [0.2, 0.25) is 0 Å². The van der Waals surface area contributed by atoms with E-state index in [-0.39, 0.29) is 0 Å². The van der Waals surface area contributed by atoms with Gasteiger partial charge in [-0.15, -0.1) is 11.5 Å². The largest absolute Gasteiger partial charge is 0.416 e. The molecule has 0 spiro atoms. The van der Waals surface area contributed by atoms with Crippen molar-refractivity contribution < 1.29 is 13.2 Å². The Morgan fingerprint density at radius 3 is 2.53 bits per heavy atom. The van der Waals surface area contributed by atoms with Crippen molar-refractivity contribution >= 4 is 11.8 Å². The summed E-state index contributed by atoms with van der Waals surface area (Å²) in [5.41, 5.74) is -0.161. The van der Waals surface area contributed by atoms with Gasteiger partial charge in [0.05, 0.1) is 11.3 Å². The van der Waals surface area contributed by atoms with Crippen molar-refractivity contribution in [1.82, 2.24) is 15.2 Å². The number of benzene rings is 1. The molecule has 2 aromatic rings. The molecule has 0 aliphatic carbocycles. The number of aromatic nitrogens is 3. The molecule has 7 heteroatoms. The number of aromatic amines is 1. The Labute approximate surface area is 111 Å². The zero-order valence-corrected chi connectivity index (χ0v) is 10.3. The average molecular weight is 283 g/mol. The van der Waals surface area contributed by atoms with Crippen LogP contribution in [0, 0.1) is 12.3 Å². The fraction of sp³-hybridized carbons (Fsp3) is 0.167. The normalized spacial score (nSPS) is 11.3. The molecule has 1 N–H and O–H groups in total. The number of rotatable bonds is 3. The first-order chi connectivity index (χ1) is 9.00. The average Bonchev–Trinajstić information content (AvgIpc) is 2.84. The minimum atomic E-state index is -4.34. The topological polar surface area (TPSA) is 41.6 Å². The molecule has 0 amide bonds. The van der Waals surface area contributed by atoms with E-state index in [0.717, 1.165) is 12.1 Å². The summed E-state index contributed by atoms with van der Waals surface area (Å²) in [5, 5.41) is 7.03. The smallest absolute Gasteiger partial charge is 0.258 e. The zero-order valence-electron chi connectivity index (χ0n) is 9.53. The second-order valence-electron chi connectivity index (χ2n) is 3.53.